The van der Waals surface area contributed by atoms with Gasteiger partial charge in [0.2, 0.25) is 0 Å². The van der Waals surface area contributed by atoms with Gasteiger partial charge in [-0.2, -0.15) is 0 Å². The Balaban J connectivity index is 2.17. The molecular formula is C21H34O4. The van der Waals surface area contributed by atoms with E-state index < -0.39 is 23.8 Å². The minimum Gasteiger partial charge on any atom is -0.481 e. The number of aliphatic carboxylic acids is 2. The second-order valence-electron chi connectivity index (χ2n) is 7.85. The monoisotopic (exact) mass is 350 g/mol. The molecule has 1 saturated carbocycles. The predicted molar refractivity (Wildman–Crippen MR) is 98.4 cm³/mol. The summed E-state index contributed by atoms with van der Waals surface area (Å²) in [4.78, 5) is 23.5. The Morgan fingerprint density at radius 2 is 1.16 bits per heavy atom. The van der Waals surface area contributed by atoms with Crippen LogP contribution in [-0.4, -0.2) is 22.2 Å². The van der Waals surface area contributed by atoms with Gasteiger partial charge < -0.3 is 10.2 Å². The topological polar surface area (TPSA) is 74.6 Å². The highest BCUT2D eigenvalue weighted by atomic mass is 16.4. The maximum Gasteiger partial charge on any atom is 0.308 e. The van der Waals surface area contributed by atoms with Gasteiger partial charge in [-0.15, -0.1) is 0 Å². The molecule has 2 rings (SSSR count). The van der Waals surface area contributed by atoms with Crippen LogP contribution >= 0.6 is 0 Å². The Kier molecular flexibility index (Phi) is 7.52. The van der Waals surface area contributed by atoms with Crippen LogP contribution in [0.4, 0.5) is 0 Å². The Labute approximate surface area is 151 Å². The lowest BCUT2D eigenvalue weighted by molar-refractivity contribution is -0.154. The summed E-state index contributed by atoms with van der Waals surface area (Å²) in [6, 6.07) is 0. The first-order chi connectivity index (χ1) is 12.0. The highest BCUT2D eigenvalue weighted by Crippen LogP contribution is 2.57. The van der Waals surface area contributed by atoms with E-state index in [0.717, 1.165) is 32.1 Å². The third kappa shape index (κ3) is 4.45. The van der Waals surface area contributed by atoms with Gasteiger partial charge in [0.1, 0.15) is 0 Å². The minimum atomic E-state index is -0.920. The van der Waals surface area contributed by atoms with Crippen molar-refractivity contribution < 1.29 is 19.8 Å². The van der Waals surface area contributed by atoms with Gasteiger partial charge in [-0.05, 0) is 43.9 Å². The molecule has 0 spiro atoms. The van der Waals surface area contributed by atoms with Crippen LogP contribution in [-0.2, 0) is 9.59 Å². The molecule has 2 bridgehead atoms. The standard InChI is InChI=1S/C21H34O4/c1-3-5-7-9-11-14-15(12-10-8-6-4-2)17-13-16(14)18(20(22)23)19(17)21(24)25/h16-19H,3-13H2,1-2H3,(H,22,23)(H,24,25). The first-order valence-corrected chi connectivity index (χ1v) is 10.2. The smallest absolute Gasteiger partial charge is 0.308 e. The summed E-state index contributed by atoms with van der Waals surface area (Å²) >= 11 is 0. The van der Waals surface area contributed by atoms with Crippen molar-refractivity contribution in [3.8, 4) is 0 Å². The maximum atomic E-state index is 11.7. The van der Waals surface area contributed by atoms with E-state index in [1.807, 2.05) is 0 Å². The van der Waals surface area contributed by atoms with Crippen molar-refractivity contribution >= 4 is 11.9 Å². The fourth-order valence-electron chi connectivity index (χ4n) is 5.09. The third-order valence-corrected chi connectivity index (χ3v) is 6.24. The molecule has 0 radical (unpaired) electrons. The summed E-state index contributed by atoms with van der Waals surface area (Å²) in [5.74, 6) is -3.35. The fourth-order valence-corrected chi connectivity index (χ4v) is 5.09. The van der Waals surface area contributed by atoms with Crippen LogP contribution in [0.2, 0.25) is 0 Å². The molecule has 142 valence electrons. The molecule has 0 aromatic rings. The lowest BCUT2D eigenvalue weighted by atomic mass is 9.73. The molecule has 0 aliphatic heterocycles. The molecule has 0 aromatic carbocycles. The Morgan fingerprint density at radius 3 is 1.48 bits per heavy atom. The van der Waals surface area contributed by atoms with Gasteiger partial charge in [-0.3, -0.25) is 9.59 Å². The quantitative estimate of drug-likeness (QED) is 0.371. The van der Waals surface area contributed by atoms with E-state index in [9.17, 15) is 19.8 Å². The zero-order chi connectivity index (χ0) is 18.4. The Morgan fingerprint density at radius 1 is 0.760 bits per heavy atom. The molecule has 25 heavy (non-hydrogen) atoms. The summed E-state index contributed by atoms with van der Waals surface area (Å²) in [5, 5.41) is 19.3. The second-order valence-corrected chi connectivity index (χ2v) is 7.85. The highest BCUT2D eigenvalue weighted by molar-refractivity contribution is 5.83. The first kappa shape index (κ1) is 20.0. The molecule has 0 amide bonds. The number of allylic oxidation sites excluding steroid dienone is 2. The van der Waals surface area contributed by atoms with E-state index in [1.54, 1.807) is 0 Å². The van der Waals surface area contributed by atoms with E-state index in [0.29, 0.717) is 0 Å². The van der Waals surface area contributed by atoms with Crippen molar-refractivity contribution in [1.29, 1.82) is 0 Å². The number of carboxylic acids is 2. The molecule has 0 saturated heterocycles. The molecule has 2 aliphatic carbocycles. The molecule has 4 heteroatoms. The third-order valence-electron chi connectivity index (χ3n) is 6.24. The van der Waals surface area contributed by atoms with Gasteiger partial charge in [0.15, 0.2) is 0 Å². The van der Waals surface area contributed by atoms with Crippen molar-refractivity contribution in [1.82, 2.24) is 0 Å². The average molecular weight is 350 g/mol. The van der Waals surface area contributed by atoms with Crippen molar-refractivity contribution in [2.24, 2.45) is 23.7 Å². The molecule has 1 fully saturated rings. The number of carboxylic acid groups (broad SMARTS) is 2. The lowest BCUT2D eigenvalue weighted by Crippen LogP contribution is -2.36. The number of unbranched alkanes of at least 4 members (excludes halogenated alkanes) is 6. The van der Waals surface area contributed by atoms with Crippen molar-refractivity contribution in [3.63, 3.8) is 0 Å². The Hall–Kier alpha value is -1.32. The predicted octanol–water partition coefficient (Wildman–Crippen LogP) is 5.28. The molecule has 0 aromatic heterocycles. The van der Waals surface area contributed by atoms with Gasteiger partial charge in [-0.1, -0.05) is 63.5 Å². The molecule has 4 unspecified atom stereocenters. The first-order valence-electron chi connectivity index (χ1n) is 10.2. The largest absolute Gasteiger partial charge is 0.481 e. The number of fused-ring (bicyclic) bond motifs is 2. The van der Waals surface area contributed by atoms with Gasteiger partial charge in [0, 0.05) is 0 Å². The summed E-state index contributed by atoms with van der Waals surface area (Å²) in [7, 11) is 0. The highest BCUT2D eigenvalue weighted by Gasteiger charge is 2.57. The minimum absolute atomic E-state index is 0.0357. The van der Waals surface area contributed by atoms with Crippen LogP contribution in [0.15, 0.2) is 11.1 Å². The average Bonchev–Trinajstić information content (AvgIpc) is 3.11. The molecule has 0 heterocycles. The van der Waals surface area contributed by atoms with E-state index in [-0.39, 0.29) is 11.8 Å². The summed E-state index contributed by atoms with van der Waals surface area (Å²) in [6.45, 7) is 4.38. The molecule has 2 N–H and O–H groups in total. The van der Waals surface area contributed by atoms with Gasteiger partial charge in [0.25, 0.3) is 0 Å². The van der Waals surface area contributed by atoms with E-state index >= 15 is 0 Å². The maximum absolute atomic E-state index is 11.7. The van der Waals surface area contributed by atoms with Gasteiger partial charge in [-0.25, -0.2) is 0 Å². The number of hydrogen-bond acceptors (Lipinski definition) is 2. The van der Waals surface area contributed by atoms with Crippen molar-refractivity contribution in [2.75, 3.05) is 0 Å². The van der Waals surface area contributed by atoms with E-state index in [4.69, 9.17) is 0 Å². The zero-order valence-electron chi connectivity index (χ0n) is 15.8. The summed E-state index contributed by atoms with van der Waals surface area (Å²) < 4.78 is 0. The van der Waals surface area contributed by atoms with Crippen LogP contribution in [0.1, 0.15) is 84.5 Å². The Bertz CT molecular complexity index is 464. The summed E-state index contributed by atoms with van der Waals surface area (Å²) in [5.41, 5.74) is 2.64. The van der Waals surface area contributed by atoms with Crippen molar-refractivity contribution in [2.45, 2.75) is 84.5 Å². The van der Waals surface area contributed by atoms with Crippen LogP contribution in [0.3, 0.4) is 0 Å². The number of carbonyl (C=O) groups is 2. The van der Waals surface area contributed by atoms with E-state index in [1.165, 1.54) is 49.7 Å². The number of hydrogen-bond donors (Lipinski definition) is 2. The van der Waals surface area contributed by atoms with Crippen molar-refractivity contribution in [3.05, 3.63) is 11.1 Å². The molecule has 2 aliphatic rings. The van der Waals surface area contributed by atoms with E-state index in [2.05, 4.69) is 13.8 Å². The van der Waals surface area contributed by atoms with Crippen LogP contribution in [0, 0.1) is 23.7 Å². The van der Waals surface area contributed by atoms with Gasteiger partial charge >= 0.3 is 11.9 Å². The number of rotatable bonds is 12. The lowest BCUT2D eigenvalue weighted by Gasteiger charge is -2.30. The van der Waals surface area contributed by atoms with Crippen LogP contribution in [0.25, 0.3) is 0 Å². The SMILES string of the molecule is CCCCCCC1=C(CCCCCC)C2CC1C(C(=O)O)C2C(=O)O. The normalized spacial score (nSPS) is 27.9. The molecular weight excluding hydrogens is 316 g/mol. The summed E-state index contributed by atoms with van der Waals surface area (Å²) in [6.07, 6.45) is 12.1. The van der Waals surface area contributed by atoms with Gasteiger partial charge in [0.05, 0.1) is 11.8 Å². The molecule has 4 nitrogen and oxygen atoms in total. The zero-order valence-corrected chi connectivity index (χ0v) is 15.8. The van der Waals surface area contributed by atoms with Crippen LogP contribution < -0.4 is 0 Å². The van der Waals surface area contributed by atoms with Crippen LogP contribution in [0.5, 0.6) is 0 Å². The fraction of sp³-hybridized carbons (Fsp3) is 0.810. The second kappa shape index (κ2) is 9.40. The molecule has 4 atom stereocenters.